The van der Waals surface area contributed by atoms with Crippen LogP contribution in [0.4, 0.5) is 0 Å². The zero-order valence-corrected chi connectivity index (χ0v) is 10.8. The number of carboxylic acid groups (broad SMARTS) is 1. The number of carbonyl (C=O) groups is 1. The Morgan fingerprint density at radius 3 is 2.67 bits per heavy atom. The summed E-state index contributed by atoms with van der Waals surface area (Å²) in [6, 6.07) is 6.59. The van der Waals surface area contributed by atoms with Gasteiger partial charge in [-0.15, -0.1) is 0 Å². The topological polar surface area (TPSA) is 70.3 Å². The summed E-state index contributed by atoms with van der Waals surface area (Å²) in [4.78, 5) is 11.0. The van der Waals surface area contributed by atoms with E-state index < -0.39 is 5.97 Å². The number of methoxy groups -OCH3 is 1. The number of halogens is 1. The van der Waals surface area contributed by atoms with Gasteiger partial charge in [-0.1, -0.05) is 18.5 Å². The quantitative estimate of drug-likeness (QED) is 0.671. The largest absolute Gasteiger partial charge is 0.496 e. The number of nitrogens with zero attached hydrogens (tertiary/aromatic N) is 1. The van der Waals surface area contributed by atoms with Gasteiger partial charge in [-0.25, -0.2) is 4.79 Å². The van der Waals surface area contributed by atoms with Crippen LogP contribution in [0.3, 0.4) is 0 Å². The van der Waals surface area contributed by atoms with Crippen LogP contribution in [-0.2, 0) is 4.79 Å². The molecule has 1 rings (SSSR count). The molecule has 0 fully saturated rings. The summed E-state index contributed by atoms with van der Waals surface area (Å²) in [6.07, 6.45) is 0.395. The fourth-order valence-corrected chi connectivity index (χ4v) is 1.83. The summed E-state index contributed by atoms with van der Waals surface area (Å²) in [6.45, 7) is 1.77. The lowest BCUT2D eigenvalue weighted by Gasteiger charge is -2.12. The molecule has 0 radical (unpaired) electrons. The van der Waals surface area contributed by atoms with Gasteiger partial charge in [0.05, 0.1) is 7.11 Å². The van der Waals surface area contributed by atoms with E-state index in [1.807, 2.05) is 0 Å². The fraction of sp³-hybridized carbons (Fsp3) is 0.231. The monoisotopic (exact) mass is 265 g/mol. The smallest absolute Gasteiger partial charge is 0.346 e. The highest BCUT2D eigenvalue weighted by atomic mass is 35.5. The van der Waals surface area contributed by atoms with E-state index in [-0.39, 0.29) is 5.57 Å². The normalized spacial score (nSPS) is 11.4. The molecule has 0 aliphatic carbocycles. The molecule has 1 aromatic carbocycles. The lowest BCUT2D eigenvalue weighted by atomic mass is 9.97. The van der Waals surface area contributed by atoms with Crippen molar-refractivity contribution in [3.05, 3.63) is 34.4 Å². The second-order valence-electron chi connectivity index (χ2n) is 3.47. The first-order valence-electron chi connectivity index (χ1n) is 5.25. The van der Waals surface area contributed by atoms with Crippen molar-refractivity contribution in [1.82, 2.24) is 0 Å². The van der Waals surface area contributed by atoms with E-state index in [1.54, 1.807) is 31.2 Å². The van der Waals surface area contributed by atoms with Gasteiger partial charge in [-0.2, -0.15) is 5.26 Å². The average molecular weight is 266 g/mol. The molecule has 0 aliphatic rings. The third kappa shape index (κ3) is 2.82. The Hall–Kier alpha value is -1.99. The van der Waals surface area contributed by atoms with Gasteiger partial charge in [0.2, 0.25) is 0 Å². The highest BCUT2D eigenvalue weighted by Gasteiger charge is 2.17. The summed E-state index contributed by atoms with van der Waals surface area (Å²) >= 11 is 5.89. The first-order valence-corrected chi connectivity index (χ1v) is 5.63. The van der Waals surface area contributed by atoms with Crippen molar-refractivity contribution >= 4 is 23.1 Å². The number of aliphatic carboxylic acids is 1. The molecule has 0 unspecified atom stereocenters. The van der Waals surface area contributed by atoms with Gasteiger partial charge >= 0.3 is 5.97 Å². The Morgan fingerprint density at radius 2 is 2.22 bits per heavy atom. The van der Waals surface area contributed by atoms with Crippen molar-refractivity contribution in [2.45, 2.75) is 13.3 Å². The number of allylic oxidation sites excluding steroid dienone is 1. The van der Waals surface area contributed by atoms with Gasteiger partial charge in [0.1, 0.15) is 17.4 Å². The minimum atomic E-state index is -1.25. The second kappa shape index (κ2) is 6.08. The number of nitriles is 1. The molecule has 1 aromatic rings. The van der Waals surface area contributed by atoms with E-state index in [0.717, 1.165) is 0 Å². The van der Waals surface area contributed by atoms with E-state index in [1.165, 1.54) is 7.11 Å². The summed E-state index contributed by atoms with van der Waals surface area (Å²) in [5.41, 5.74) is 0.647. The van der Waals surface area contributed by atoms with Crippen molar-refractivity contribution in [3.63, 3.8) is 0 Å². The number of ether oxygens (including phenoxy) is 1. The third-order valence-electron chi connectivity index (χ3n) is 2.47. The SMILES string of the molecule is CCC(=C(C#N)C(=O)O)c1cc(Cl)ccc1OC. The lowest BCUT2D eigenvalue weighted by Crippen LogP contribution is -2.03. The molecule has 0 aromatic heterocycles. The maximum Gasteiger partial charge on any atom is 0.346 e. The van der Waals surface area contributed by atoms with E-state index in [4.69, 9.17) is 26.7 Å². The summed E-state index contributed by atoms with van der Waals surface area (Å²) in [5.74, 6) is -0.762. The van der Waals surface area contributed by atoms with E-state index in [2.05, 4.69) is 0 Å². The van der Waals surface area contributed by atoms with Gasteiger partial charge in [-0.3, -0.25) is 0 Å². The van der Waals surface area contributed by atoms with Gasteiger partial charge in [0.25, 0.3) is 0 Å². The average Bonchev–Trinajstić information content (AvgIpc) is 2.35. The first-order chi connectivity index (χ1) is 8.54. The van der Waals surface area contributed by atoms with Crippen LogP contribution in [-0.4, -0.2) is 18.2 Å². The Kier molecular flexibility index (Phi) is 4.75. The van der Waals surface area contributed by atoms with E-state index in [9.17, 15) is 4.79 Å². The van der Waals surface area contributed by atoms with Crippen LogP contribution in [0, 0.1) is 11.3 Å². The number of hydrogen-bond acceptors (Lipinski definition) is 3. The second-order valence-corrected chi connectivity index (χ2v) is 3.91. The van der Waals surface area contributed by atoms with Crippen molar-refractivity contribution in [2.75, 3.05) is 7.11 Å². The van der Waals surface area contributed by atoms with Crippen LogP contribution < -0.4 is 4.74 Å². The lowest BCUT2D eigenvalue weighted by molar-refractivity contribution is -0.132. The van der Waals surface area contributed by atoms with Crippen LogP contribution in [0.25, 0.3) is 5.57 Å². The van der Waals surface area contributed by atoms with Crippen LogP contribution >= 0.6 is 11.6 Å². The molecule has 0 heterocycles. The van der Waals surface area contributed by atoms with Crippen LogP contribution in [0.1, 0.15) is 18.9 Å². The minimum absolute atomic E-state index is 0.293. The molecule has 0 saturated heterocycles. The third-order valence-corrected chi connectivity index (χ3v) is 2.70. The van der Waals surface area contributed by atoms with Crippen molar-refractivity contribution in [1.29, 1.82) is 5.26 Å². The molecule has 0 spiro atoms. The zero-order chi connectivity index (χ0) is 13.7. The highest BCUT2D eigenvalue weighted by molar-refractivity contribution is 6.30. The first kappa shape index (κ1) is 14.1. The summed E-state index contributed by atoms with van der Waals surface area (Å²) in [7, 11) is 1.48. The minimum Gasteiger partial charge on any atom is -0.496 e. The number of rotatable bonds is 4. The Morgan fingerprint density at radius 1 is 1.56 bits per heavy atom. The number of hydrogen-bond donors (Lipinski definition) is 1. The molecule has 0 atom stereocenters. The van der Waals surface area contributed by atoms with Crippen molar-refractivity contribution < 1.29 is 14.6 Å². The molecule has 5 heteroatoms. The van der Waals surface area contributed by atoms with Gasteiger partial charge in [-0.05, 0) is 30.2 Å². The molecule has 0 amide bonds. The van der Waals surface area contributed by atoms with Gasteiger partial charge < -0.3 is 9.84 Å². The van der Waals surface area contributed by atoms with Crippen LogP contribution in [0.15, 0.2) is 23.8 Å². The molecule has 18 heavy (non-hydrogen) atoms. The molecular weight excluding hydrogens is 254 g/mol. The van der Waals surface area contributed by atoms with E-state index in [0.29, 0.717) is 28.3 Å². The molecule has 0 saturated carbocycles. The van der Waals surface area contributed by atoms with E-state index >= 15 is 0 Å². The van der Waals surface area contributed by atoms with Gasteiger partial charge in [0, 0.05) is 10.6 Å². The van der Waals surface area contributed by atoms with Crippen LogP contribution in [0.5, 0.6) is 5.75 Å². The van der Waals surface area contributed by atoms with Gasteiger partial charge in [0.15, 0.2) is 0 Å². The van der Waals surface area contributed by atoms with Crippen LogP contribution in [0.2, 0.25) is 5.02 Å². The number of carboxylic acids is 1. The highest BCUT2D eigenvalue weighted by Crippen LogP contribution is 2.32. The molecule has 0 bridgehead atoms. The molecular formula is C13H12ClNO3. The Balaban J connectivity index is 3.56. The van der Waals surface area contributed by atoms with Crippen molar-refractivity contribution in [2.24, 2.45) is 0 Å². The zero-order valence-electron chi connectivity index (χ0n) is 10.0. The maximum atomic E-state index is 11.0. The Labute approximate surface area is 110 Å². The maximum absolute atomic E-state index is 11.0. The number of benzene rings is 1. The summed E-state index contributed by atoms with van der Waals surface area (Å²) in [5, 5.41) is 18.4. The summed E-state index contributed by atoms with van der Waals surface area (Å²) < 4.78 is 5.16. The fourth-order valence-electron chi connectivity index (χ4n) is 1.66. The molecule has 0 aliphatic heterocycles. The van der Waals surface area contributed by atoms with Crippen molar-refractivity contribution in [3.8, 4) is 11.8 Å². The molecule has 94 valence electrons. The predicted octanol–water partition coefficient (Wildman–Crippen LogP) is 3.12. The molecule has 1 N–H and O–H groups in total. The predicted molar refractivity (Wildman–Crippen MR) is 68.5 cm³/mol. The standard InChI is InChI=1S/C13H12ClNO3/c1-3-9(11(7-15)13(16)17)10-6-8(14)4-5-12(10)18-2/h4-6H,3H2,1-2H3,(H,16,17). The Bertz CT molecular complexity index is 544. The molecule has 4 nitrogen and oxygen atoms in total.